The quantitative estimate of drug-likeness (QED) is 0.0619. The molecule has 0 aromatic carbocycles. The molecule has 0 N–H and O–H groups in total. The first-order valence-electron chi connectivity index (χ1n) is 23.1. The lowest BCUT2D eigenvalue weighted by atomic mass is 9.50. The number of nitrogens with zero attached hydrogens (tertiary/aromatic N) is 2. The number of allylic oxidation sites excluding steroid dienone is 4. The van der Waals surface area contributed by atoms with E-state index in [9.17, 15) is 14.4 Å². The van der Waals surface area contributed by atoms with Crippen molar-refractivity contribution >= 4 is 17.8 Å². The number of carbonyl (C=O) groups is 3. The average molecular weight is 781 g/mol. The number of amides is 1. The van der Waals surface area contributed by atoms with Crippen molar-refractivity contribution in [2.75, 3.05) is 40.3 Å². The van der Waals surface area contributed by atoms with E-state index in [1.54, 1.807) is 10.5 Å². The van der Waals surface area contributed by atoms with Crippen molar-refractivity contribution in [3.05, 3.63) is 35.5 Å². The monoisotopic (exact) mass is 781 g/mol. The van der Waals surface area contributed by atoms with Crippen molar-refractivity contribution in [3.63, 3.8) is 0 Å². The summed E-state index contributed by atoms with van der Waals surface area (Å²) in [7, 11) is 3.98. The fourth-order valence-corrected chi connectivity index (χ4v) is 10.8. The van der Waals surface area contributed by atoms with Crippen LogP contribution in [0, 0.1) is 40.4 Å². The molecule has 0 aromatic heterocycles. The molecule has 4 rings (SSSR count). The number of ether oxygens (including phenoxy) is 2. The molecule has 0 spiro atoms. The predicted octanol–water partition coefficient (Wildman–Crippen LogP) is 11.5. The molecule has 7 unspecified atom stereocenters. The van der Waals surface area contributed by atoms with Gasteiger partial charge in [-0.25, -0.2) is 0 Å². The van der Waals surface area contributed by atoms with Crippen LogP contribution < -0.4 is 0 Å². The highest BCUT2D eigenvalue weighted by Gasteiger charge is 2.57. The lowest BCUT2D eigenvalue weighted by molar-refractivity contribution is -0.151. The van der Waals surface area contributed by atoms with E-state index in [0.29, 0.717) is 23.7 Å². The number of hydrogen-bond donors (Lipinski definition) is 0. The molecule has 7 nitrogen and oxygen atoms in total. The molecule has 0 heterocycles. The minimum absolute atomic E-state index is 0.0330. The van der Waals surface area contributed by atoms with Gasteiger partial charge in [0, 0.05) is 25.9 Å². The van der Waals surface area contributed by atoms with Crippen LogP contribution in [0.4, 0.5) is 0 Å². The number of fused-ring (bicyclic) bond motifs is 5. The normalized spacial score (nSPS) is 27.4. The van der Waals surface area contributed by atoms with Crippen molar-refractivity contribution in [2.45, 2.75) is 177 Å². The summed E-state index contributed by atoms with van der Waals surface area (Å²) in [5.74, 6) is 3.10. The molecule has 1 amide bonds. The smallest absolute Gasteiger partial charge is 0.307 e. The van der Waals surface area contributed by atoms with E-state index < -0.39 is 0 Å². The van der Waals surface area contributed by atoms with E-state index in [0.717, 1.165) is 62.8 Å². The Morgan fingerprint density at radius 2 is 1.55 bits per heavy atom. The maximum absolute atomic E-state index is 13.3. The van der Waals surface area contributed by atoms with E-state index in [1.165, 1.54) is 63.4 Å². The van der Waals surface area contributed by atoms with E-state index >= 15 is 0 Å². The van der Waals surface area contributed by atoms with Crippen LogP contribution in [-0.2, 0) is 23.9 Å². The van der Waals surface area contributed by atoms with Gasteiger partial charge >= 0.3 is 11.9 Å². The molecular formula is C49H84N2O5. The summed E-state index contributed by atoms with van der Waals surface area (Å²) >= 11 is 0. The van der Waals surface area contributed by atoms with Crippen molar-refractivity contribution < 1.29 is 23.9 Å². The van der Waals surface area contributed by atoms with Crippen LogP contribution in [-0.4, -0.2) is 74.1 Å². The van der Waals surface area contributed by atoms with Gasteiger partial charge in [0.15, 0.2) is 0 Å². The zero-order valence-electron chi connectivity index (χ0n) is 37.8. The van der Waals surface area contributed by atoms with Crippen LogP contribution in [0.15, 0.2) is 35.5 Å². The van der Waals surface area contributed by atoms with Gasteiger partial charge < -0.3 is 19.3 Å². The number of unbranched alkanes of at least 4 members (excludes halogenated alkanes) is 3. The summed E-state index contributed by atoms with van der Waals surface area (Å²) in [6.45, 7) is 20.1. The molecule has 0 bridgehead atoms. The Morgan fingerprint density at radius 1 is 0.821 bits per heavy atom. The summed E-state index contributed by atoms with van der Waals surface area (Å²) in [4.78, 5) is 42.7. The average Bonchev–Trinajstić information content (AvgIpc) is 3.52. The topological polar surface area (TPSA) is 76.1 Å². The molecule has 7 atom stereocenters. The summed E-state index contributed by atoms with van der Waals surface area (Å²) in [6, 6.07) is 0. The highest BCUT2D eigenvalue weighted by atomic mass is 16.5. The molecule has 0 radical (unpaired) electrons. The number of esters is 2. The van der Waals surface area contributed by atoms with Gasteiger partial charge in [-0.15, -0.1) is 0 Å². The second-order valence-electron chi connectivity index (χ2n) is 18.7. The molecule has 3 fully saturated rings. The van der Waals surface area contributed by atoms with Crippen molar-refractivity contribution in [1.82, 2.24) is 9.80 Å². The Bertz CT molecular complexity index is 1320. The third-order valence-electron chi connectivity index (χ3n) is 14.0. The number of carbonyl (C=O) groups excluding carboxylic acids is 3. The minimum Gasteiger partial charge on any atom is -0.462 e. The van der Waals surface area contributed by atoms with Crippen molar-refractivity contribution in [2.24, 2.45) is 40.4 Å². The lowest BCUT2D eigenvalue weighted by Crippen LogP contribution is -2.47. The number of hydrogen-bond acceptors (Lipinski definition) is 6. The molecule has 4 aliphatic rings. The van der Waals surface area contributed by atoms with E-state index in [1.807, 2.05) is 34.0 Å². The standard InChI is InChI=1S/C47H78N2O5.C2H6/c1-9-10-11-12-13-14-33-53-44(51)26-31-49(43(50)19-16-30-48(7)8)32-27-45(52)54-38-24-28-46(5)37(34-38)20-21-39-41-23-22-40(36(4)18-15-17-35(2)3)47(41,6)29-25-42(39)46;1-2/h13-14,20-21,35-36,38,40-42H,9-12,15-19,22-34H2,1-8H3;1-2H3/b14-13+;. The van der Waals surface area contributed by atoms with Gasteiger partial charge in [0.05, 0.1) is 12.8 Å². The maximum Gasteiger partial charge on any atom is 0.307 e. The molecule has 0 aliphatic heterocycles. The Morgan fingerprint density at radius 3 is 2.25 bits per heavy atom. The van der Waals surface area contributed by atoms with Crippen molar-refractivity contribution in [1.29, 1.82) is 0 Å². The van der Waals surface area contributed by atoms with Gasteiger partial charge in [0.1, 0.15) is 12.7 Å². The van der Waals surface area contributed by atoms with Crippen LogP contribution in [0.25, 0.3) is 0 Å². The molecule has 320 valence electrons. The molecule has 56 heavy (non-hydrogen) atoms. The van der Waals surface area contributed by atoms with Crippen molar-refractivity contribution in [3.8, 4) is 0 Å². The third kappa shape index (κ3) is 13.6. The second-order valence-corrected chi connectivity index (χ2v) is 18.7. The fourth-order valence-electron chi connectivity index (χ4n) is 10.8. The highest BCUT2D eigenvalue weighted by molar-refractivity contribution is 5.78. The van der Waals surface area contributed by atoms with E-state index in [4.69, 9.17) is 9.47 Å². The first-order valence-corrected chi connectivity index (χ1v) is 23.1. The van der Waals surface area contributed by atoms with Gasteiger partial charge in [-0.2, -0.15) is 0 Å². The van der Waals surface area contributed by atoms with Crippen LogP contribution in [0.3, 0.4) is 0 Å². The fraction of sp³-hybridized carbons (Fsp3) is 0.816. The van der Waals surface area contributed by atoms with E-state index in [-0.39, 0.29) is 61.9 Å². The Hall–Kier alpha value is -2.41. The maximum atomic E-state index is 13.3. The molecule has 0 aromatic rings. The minimum atomic E-state index is -0.327. The zero-order valence-corrected chi connectivity index (χ0v) is 37.8. The first kappa shape index (κ1) is 48.0. The molecule has 3 saturated carbocycles. The number of rotatable bonds is 22. The summed E-state index contributed by atoms with van der Waals surface area (Å²) in [5, 5.41) is 0. The van der Waals surface area contributed by atoms with Crippen LogP contribution >= 0.6 is 0 Å². The Kier molecular flexibility index (Phi) is 20.4. The zero-order chi connectivity index (χ0) is 41.3. The van der Waals surface area contributed by atoms with Crippen LogP contribution in [0.2, 0.25) is 0 Å². The van der Waals surface area contributed by atoms with E-state index in [2.05, 4.69) is 64.7 Å². The highest BCUT2D eigenvalue weighted by Crippen LogP contribution is 2.66. The van der Waals surface area contributed by atoms with Gasteiger partial charge in [0.2, 0.25) is 5.91 Å². The first-order chi connectivity index (χ1) is 26.8. The second kappa shape index (κ2) is 23.9. The van der Waals surface area contributed by atoms with Gasteiger partial charge in [-0.1, -0.05) is 123 Å². The molecule has 0 saturated heterocycles. The van der Waals surface area contributed by atoms with Gasteiger partial charge in [0.25, 0.3) is 0 Å². The summed E-state index contributed by atoms with van der Waals surface area (Å²) in [6.07, 6.45) is 26.7. The predicted molar refractivity (Wildman–Crippen MR) is 232 cm³/mol. The van der Waals surface area contributed by atoms with Gasteiger partial charge in [-0.05, 0) is 119 Å². The molecule has 7 heteroatoms. The lowest BCUT2D eigenvalue weighted by Gasteiger charge is -2.55. The Labute approximate surface area is 343 Å². The third-order valence-corrected chi connectivity index (χ3v) is 14.0. The van der Waals surface area contributed by atoms with Crippen LogP contribution in [0.1, 0.15) is 171 Å². The summed E-state index contributed by atoms with van der Waals surface area (Å²) < 4.78 is 11.5. The Balaban J connectivity index is 0.00000414. The van der Waals surface area contributed by atoms with Crippen LogP contribution in [0.5, 0.6) is 0 Å². The van der Waals surface area contributed by atoms with Gasteiger partial charge in [-0.3, -0.25) is 14.4 Å². The largest absolute Gasteiger partial charge is 0.462 e. The SMILES string of the molecule is CC.CCCCC/C=C/COC(=O)CCN(CCC(=O)OC1CCC2(C)C(=CC=C3C2CCC2(C)C3CCC2C(C)CCCC(C)C)C1)C(=O)CCCN(C)C. The summed E-state index contributed by atoms with van der Waals surface area (Å²) in [5.41, 5.74) is 3.73. The molecule has 4 aliphatic carbocycles. The molecular weight excluding hydrogens is 697 g/mol.